The van der Waals surface area contributed by atoms with Crippen LogP contribution in [0.1, 0.15) is 27.2 Å². The summed E-state index contributed by atoms with van der Waals surface area (Å²) in [6.45, 7) is 6.07. The van der Waals surface area contributed by atoms with Gasteiger partial charge in [-0.25, -0.2) is 9.59 Å². The zero-order valence-corrected chi connectivity index (χ0v) is 10.2. The highest BCUT2D eigenvalue weighted by Crippen LogP contribution is 1.99. The lowest BCUT2D eigenvalue weighted by atomic mass is 10.1. The van der Waals surface area contributed by atoms with Crippen LogP contribution < -0.4 is 0 Å². The van der Waals surface area contributed by atoms with E-state index < -0.39 is 11.9 Å². The second-order valence-electron chi connectivity index (χ2n) is 3.70. The summed E-state index contributed by atoms with van der Waals surface area (Å²) in [7, 11) is 0. The molecule has 0 fully saturated rings. The molecule has 0 atom stereocenters. The average molecular weight is 232 g/mol. The average Bonchev–Trinajstić information content (AvgIpc) is 2.17. The van der Waals surface area contributed by atoms with Crippen molar-refractivity contribution in [1.29, 1.82) is 0 Å². The maximum absolute atomic E-state index is 11.1. The van der Waals surface area contributed by atoms with E-state index in [4.69, 9.17) is 9.47 Å². The van der Waals surface area contributed by atoms with Crippen molar-refractivity contribution in [2.75, 3.05) is 26.4 Å². The van der Waals surface area contributed by atoms with E-state index in [-0.39, 0.29) is 13.2 Å². The summed E-state index contributed by atoms with van der Waals surface area (Å²) in [6.07, 6.45) is 0.823. The first-order chi connectivity index (χ1) is 7.56. The van der Waals surface area contributed by atoms with Crippen molar-refractivity contribution in [3.63, 3.8) is 0 Å². The number of carbonyl (C=O) groups is 2. The first kappa shape index (κ1) is 14.9. The summed E-state index contributed by atoms with van der Waals surface area (Å²) >= 11 is 0. The molecule has 94 valence electrons. The Kier molecular flexibility index (Phi) is 8.52. The van der Waals surface area contributed by atoms with Gasteiger partial charge in [-0.3, -0.25) is 0 Å². The van der Waals surface area contributed by atoms with Gasteiger partial charge in [0.25, 0.3) is 0 Å². The fraction of sp³-hybridized carbons (Fsp3) is 0.818. The number of carbonyl (C=O) groups excluding carboxylic acids is 2. The van der Waals surface area contributed by atoms with E-state index in [1.165, 1.54) is 0 Å². The molecule has 0 saturated carbocycles. The Hall–Kier alpha value is -1.10. The molecule has 0 rings (SSSR count). The lowest BCUT2D eigenvalue weighted by Crippen LogP contribution is -2.19. The Morgan fingerprint density at radius 1 is 1.06 bits per heavy atom. The number of rotatable bonds is 8. The maximum atomic E-state index is 11.1. The van der Waals surface area contributed by atoms with Crippen LogP contribution in [0.15, 0.2) is 0 Å². The Morgan fingerprint density at radius 2 is 1.62 bits per heavy atom. The van der Waals surface area contributed by atoms with E-state index in [9.17, 15) is 9.59 Å². The van der Waals surface area contributed by atoms with Crippen LogP contribution in [0.5, 0.6) is 0 Å². The monoisotopic (exact) mass is 232 g/mol. The van der Waals surface area contributed by atoms with Crippen LogP contribution in [0.3, 0.4) is 0 Å². The molecule has 0 aromatic carbocycles. The lowest BCUT2D eigenvalue weighted by Gasteiger charge is -2.07. The molecule has 0 amide bonds. The molecule has 0 aliphatic carbocycles. The Bertz CT molecular complexity index is 212. The van der Waals surface area contributed by atoms with Crippen LogP contribution in [-0.2, 0) is 23.8 Å². The zero-order valence-electron chi connectivity index (χ0n) is 10.2. The number of esters is 2. The predicted octanol–water partition coefficient (Wildman–Crippen LogP) is 1.16. The second kappa shape index (κ2) is 9.15. The summed E-state index contributed by atoms with van der Waals surface area (Å²) in [5.41, 5.74) is 0. The molecule has 0 spiro atoms. The van der Waals surface area contributed by atoms with Crippen molar-refractivity contribution >= 4 is 11.9 Å². The molecule has 0 aliphatic rings. The largest absolute Gasteiger partial charge is 0.464 e. The number of hydrogen-bond acceptors (Lipinski definition) is 5. The third kappa shape index (κ3) is 9.45. The molecule has 0 aromatic rings. The molecule has 0 aromatic heterocycles. The predicted molar refractivity (Wildman–Crippen MR) is 57.9 cm³/mol. The second-order valence-corrected chi connectivity index (χ2v) is 3.70. The Morgan fingerprint density at radius 3 is 2.12 bits per heavy atom. The highest BCUT2D eigenvalue weighted by Gasteiger charge is 2.06. The molecule has 5 heteroatoms. The molecule has 16 heavy (non-hydrogen) atoms. The fourth-order valence-electron chi connectivity index (χ4n) is 0.870. The van der Waals surface area contributed by atoms with Crippen LogP contribution in [0.25, 0.3) is 0 Å². The minimum Gasteiger partial charge on any atom is -0.464 e. The van der Waals surface area contributed by atoms with E-state index in [0.717, 1.165) is 6.42 Å². The maximum Gasteiger partial charge on any atom is 0.332 e. The van der Waals surface area contributed by atoms with Gasteiger partial charge in [0.2, 0.25) is 0 Å². The third-order valence-corrected chi connectivity index (χ3v) is 1.70. The van der Waals surface area contributed by atoms with Crippen LogP contribution in [-0.4, -0.2) is 38.4 Å². The van der Waals surface area contributed by atoms with Gasteiger partial charge in [0.1, 0.15) is 13.2 Å². The van der Waals surface area contributed by atoms with E-state index in [1.54, 1.807) is 6.92 Å². The van der Waals surface area contributed by atoms with Gasteiger partial charge in [-0.1, -0.05) is 13.8 Å². The minimum absolute atomic E-state index is 0.211. The molecular formula is C11H20O5. The molecule has 0 heterocycles. The van der Waals surface area contributed by atoms with Crippen LogP contribution >= 0.6 is 0 Å². The summed E-state index contributed by atoms with van der Waals surface area (Å²) in [5, 5.41) is 0. The van der Waals surface area contributed by atoms with E-state index in [2.05, 4.69) is 4.74 Å². The van der Waals surface area contributed by atoms with Crippen molar-refractivity contribution in [2.24, 2.45) is 5.92 Å². The standard InChI is InChI=1S/C11H20O5/c1-4-15-10(12)7-14-8-11(13)16-6-5-9(2)3/h9H,4-8H2,1-3H3. The topological polar surface area (TPSA) is 61.8 Å². The third-order valence-electron chi connectivity index (χ3n) is 1.70. The zero-order chi connectivity index (χ0) is 12.4. The van der Waals surface area contributed by atoms with Crippen LogP contribution in [0.4, 0.5) is 0 Å². The van der Waals surface area contributed by atoms with Crippen LogP contribution in [0, 0.1) is 5.92 Å². The van der Waals surface area contributed by atoms with Gasteiger partial charge in [-0.2, -0.15) is 0 Å². The van der Waals surface area contributed by atoms with E-state index >= 15 is 0 Å². The van der Waals surface area contributed by atoms with Gasteiger partial charge in [0.05, 0.1) is 13.2 Å². The van der Waals surface area contributed by atoms with Gasteiger partial charge < -0.3 is 14.2 Å². The highest BCUT2D eigenvalue weighted by atomic mass is 16.6. The van der Waals surface area contributed by atoms with Crippen molar-refractivity contribution < 1.29 is 23.8 Å². The van der Waals surface area contributed by atoms with E-state index in [0.29, 0.717) is 19.1 Å². The van der Waals surface area contributed by atoms with Gasteiger partial charge >= 0.3 is 11.9 Å². The highest BCUT2D eigenvalue weighted by molar-refractivity contribution is 5.73. The summed E-state index contributed by atoms with van der Waals surface area (Å²) in [4.78, 5) is 21.9. The van der Waals surface area contributed by atoms with Gasteiger partial charge in [-0.15, -0.1) is 0 Å². The summed E-state index contributed by atoms with van der Waals surface area (Å²) in [6, 6.07) is 0. The van der Waals surface area contributed by atoms with Crippen molar-refractivity contribution in [3.05, 3.63) is 0 Å². The SMILES string of the molecule is CCOC(=O)COCC(=O)OCCC(C)C. The molecule has 0 radical (unpaired) electrons. The normalized spacial score (nSPS) is 10.2. The quantitative estimate of drug-likeness (QED) is 0.587. The molecule has 0 aliphatic heterocycles. The molecule has 0 bridgehead atoms. The van der Waals surface area contributed by atoms with Crippen molar-refractivity contribution in [2.45, 2.75) is 27.2 Å². The Labute approximate surface area is 96.1 Å². The van der Waals surface area contributed by atoms with Crippen molar-refractivity contribution in [1.82, 2.24) is 0 Å². The van der Waals surface area contributed by atoms with Crippen molar-refractivity contribution in [3.8, 4) is 0 Å². The molecule has 5 nitrogen and oxygen atoms in total. The fourth-order valence-corrected chi connectivity index (χ4v) is 0.870. The van der Waals surface area contributed by atoms with E-state index in [1.807, 2.05) is 13.8 Å². The van der Waals surface area contributed by atoms with Gasteiger partial charge in [0.15, 0.2) is 0 Å². The first-order valence-electron chi connectivity index (χ1n) is 5.45. The molecule has 0 N–H and O–H groups in total. The number of hydrogen-bond donors (Lipinski definition) is 0. The van der Waals surface area contributed by atoms with Gasteiger partial charge in [-0.05, 0) is 19.3 Å². The Balaban J connectivity index is 3.40. The van der Waals surface area contributed by atoms with Crippen LogP contribution in [0.2, 0.25) is 0 Å². The summed E-state index contributed by atoms with van der Waals surface area (Å²) in [5.74, 6) is -0.435. The van der Waals surface area contributed by atoms with Gasteiger partial charge in [0, 0.05) is 0 Å². The molecule has 0 saturated heterocycles. The lowest BCUT2D eigenvalue weighted by molar-refractivity contribution is -0.155. The molecular weight excluding hydrogens is 212 g/mol. The first-order valence-corrected chi connectivity index (χ1v) is 5.45. The summed E-state index contributed by atoms with van der Waals surface area (Å²) < 4.78 is 14.3. The number of ether oxygens (including phenoxy) is 3. The minimum atomic E-state index is -0.475. The smallest absolute Gasteiger partial charge is 0.332 e. The molecule has 0 unspecified atom stereocenters.